The van der Waals surface area contributed by atoms with Crippen molar-refractivity contribution >= 4 is 35.8 Å². The second kappa shape index (κ2) is 13.9. The van der Waals surface area contributed by atoms with Crippen LogP contribution in [0.5, 0.6) is 5.75 Å². The van der Waals surface area contributed by atoms with Crippen molar-refractivity contribution < 1.29 is 9.53 Å². The molecular formula is C24H35IN4O2. The van der Waals surface area contributed by atoms with Crippen LogP contribution in [0.2, 0.25) is 0 Å². The van der Waals surface area contributed by atoms with E-state index >= 15 is 0 Å². The first kappa shape index (κ1) is 26.7. The lowest BCUT2D eigenvalue weighted by Crippen LogP contribution is -2.38. The van der Waals surface area contributed by atoms with Crippen molar-refractivity contribution in [2.75, 3.05) is 40.8 Å². The molecule has 0 aliphatic heterocycles. The lowest BCUT2D eigenvalue weighted by Gasteiger charge is -2.22. The number of rotatable bonds is 9. The van der Waals surface area contributed by atoms with E-state index in [0.29, 0.717) is 18.7 Å². The molecule has 2 rings (SSSR count). The molecule has 0 spiro atoms. The number of carbonyl (C=O) groups excluding carboxylic acids is 1. The van der Waals surface area contributed by atoms with E-state index in [4.69, 9.17) is 9.73 Å². The molecule has 0 fully saturated rings. The Kier molecular flexibility index (Phi) is 12.0. The van der Waals surface area contributed by atoms with Crippen molar-refractivity contribution in [3.63, 3.8) is 0 Å². The van der Waals surface area contributed by atoms with Gasteiger partial charge in [0.05, 0.1) is 6.61 Å². The SMILES string of the molecule is CCNC(=NCCc1cccc(C(=O)N(C)C)c1)N(C)Cc1ccc(OCC)cc1.I. The van der Waals surface area contributed by atoms with Crippen LogP contribution in [0.3, 0.4) is 0 Å². The predicted octanol–water partition coefficient (Wildman–Crippen LogP) is 4.05. The molecule has 0 aliphatic rings. The number of amides is 1. The van der Waals surface area contributed by atoms with Gasteiger partial charge in [-0.3, -0.25) is 9.79 Å². The molecule has 0 saturated carbocycles. The molecule has 2 aromatic carbocycles. The maximum atomic E-state index is 12.2. The van der Waals surface area contributed by atoms with E-state index < -0.39 is 0 Å². The fraction of sp³-hybridized carbons (Fsp3) is 0.417. The Morgan fingerprint density at radius 1 is 1.03 bits per heavy atom. The molecule has 170 valence electrons. The number of benzene rings is 2. The van der Waals surface area contributed by atoms with Crippen LogP contribution in [-0.4, -0.2) is 62.5 Å². The molecular weight excluding hydrogens is 503 g/mol. The van der Waals surface area contributed by atoms with Crippen LogP contribution in [0.15, 0.2) is 53.5 Å². The predicted molar refractivity (Wildman–Crippen MR) is 139 cm³/mol. The number of hydrogen-bond acceptors (Lipinski definition) is 3. The first-order valence-corrected chi connectivity index (χ1v) is 10.5. The van der Waals surface area contributed by atoms with Gasteiger partial charge in [0.1, 0.15) is 5.75 Å². The van der Waals surface area contributed by atoms with Crippen molar-refractivity contribution in [1.29, 1.82) is 0 Å². The molecule has 6 nitrogen and oxygen atoms in total. The van der Waals surface area contributed by atoms with Crippen LogP contribution in [0.4, 0.5) is 0 Å². The van der Waals surface area contributed by atoms with Gasteiger partial charge >= 0.3 is 0 Å². The molecule has 7 heteroatoms. The largest absolute Gasteiger partial charge is 0.494 e. The second-order valence-corrected chi connectivity index (χ2v) is 7.32. The quantitative estimate of drug-likeness (QED) is 0.298. The third kappa shape index (κ3) is 8.77. The monoisotopic (exact) mass is 538 g/mol. The molecule has 0 atom stereocenters. The summed E-state index contributed by atoms with van der Waals surface area (Å²) in [5.74, 6) is 1.77. The van der Waals surface area contributed by atoms with E-state index in [0.717, 1.165) is 36.8 Å². The zero-order chi connectivity index (χ0) is 21.9. The van der Waals surface area contributed by atoms with E-state index in [1.54, 1.807) is 19.0 Å². The third-order valence-electron chi connectivity index (χ3n) is 4.59. The summed E-state index contributed by atoms with van der Waals surface area (Å²) >= 11 is 0. The Hall–Kier alpha value is -2.29. The van der Waals surface area contributed by atoms with Crippen molar-refractivity contribution in [1.82, 2.24) is 15.1 Å². The molecule has 0 radical (unpaired) electrons. The van der Waals surface area contributed by atoms with E-state index in [-0.39, 0.29) is 29.9 Å². The molecule has 0 unspecified atom stereocenters. The topological polar surface area (TPSA) is 57.2 Å². The Morgan fingerprint density at radius 3 is 2.35 bits per heavy atom. The molecule has 1 N–H and O–H groups in total. The van der Waals surface area contributed by atoms with Gasteiger partial charge in [-0.15, -0.1) is 24.0 Å². The van der Waals surface area contributed by atoms with Gasteiger partial charge in [0.15, 0.2) is 5.96 Å². The first-order chi connectivity index (χ1) is 14.4. The summed E-state index contributed by atoms with van der Waals surface area (Å²) in [5.41, 5.74) is 3.01. The summed E-state index contributed by atoms with van der Waals surface area (Å²) in [6.07, 6.45) is 0.778. The lowest BCUT2D eigenvalue weighted by molar-refractivity contribution is 0.0827. The summed E-state index contributed by atoms with van der Waals surface area (Å²) < 4.78 is 5.51. The van der Waals surface area contributed by atoms with E-state index in [1.807, 2.05) is 50.4 Å². The second-order valence-electron chi connectivity index (χ2n) is 7.32. The summed E-state index contributed by atoms with van der Waals surface area (Å²) in [5, 5.41) is 3.36. The van der Waals surface area contributed by atoms with Crippen LogP contribution in [0, 0.1) is 0 Å². The van der Waals surface area contributed by atoms with Crippen LogP contribution in [0.1, 0.15) is 35.3 Å². The number of nitrogens with zero attached hydrogens (tertiary/aromatic N) is 3. The van der Waals surface area contributed by atoms with Crippen molar-refractivity contribution in [2.24, 2.45) is 4.99 Å². The number of guanidine groups is 1. The number of ether oxygens (including phenoxy) is 1. The Morgan fingerprint density at radius 2 is 1.74 bits per heavy atom. The van der Waals surface area contributed by atoms with Crippen LogP contribution in [0.25, 0.3) is 0 Å². The number of aliphatic imine (C=N–C) groups is 1. The average molecular weight is 538 g/mol. The van der Waals surface area contributed by atoms with Gasteiger partial charge in [0, 0.05) is 46.3 Å². The Labute approximate surface area is 203 Å². The third-order valence-corrected chi connectivity index (χ3v) is 4.59. The minimum atomic E-state index is 0. The smallest absolute Gasteiger partial charge is 0.253 e. The van der Waals surface area contributed by atoms with Gasteiger partial charge in [-0.2, -0.15) is 0 Å². The molecule has 0 bridgehead atoms. The minimum Gasteiger partial charge on any atom is -0.494 e. The summed E-state index contributed by atoms with van der Waals surface area (Å²) in [7, 11) is 5.57. The van der Waals surface area contributed by atoms with Gasteiger partial charge in [-0.1, -0.05) is 24.3 Å². The molecule has 0 heterocycles. The van der Waals surface area contributed by atoms with E-state index in [1.165, 1.54) is 5.56 Å². The van der Waals surface area contributed by atoms with Crippen molar-refractivity contribution in [3.8, 4) is 5.75 Å². The van der Waals surface area contributed by atoms with Gasteiger partial charge in [0.25, 0.3) is 5.91 Å². The highest BCUT2D eigenvalue weighted by Gasteiger charge is 2.09. The highest BCUT2D eigenvalue weighted by Crippen LogP contribution is 2.13. The number of nitrogens with one attached hydrogen (secondary N) is 1. The molecule has 0 aromatic heterocycles. The number of halogens is 1. The maximum absolute atomic E-state index is 12.2. The zero-order valence-electron chi connectivity index (χ0n) is 19.2. The highest BCUT2D eigenvalue weighted by molar-refractivity contribution is 14.0. The summed E-state index contributed by atoms with van der Waals surface area (Å²) in [4.78, 5) is 20.6. The van der Waals surface area contributed by atoms with E-state index in [9.17, 15) is 4.79 Å². The number of hydrogen-bond donors (Lipinski definition) is 1. The standard InChI is InChI=1S/C24H34N4O2.HI/c1-6-25-24(28(5)18-20-11-13-22(14-12-20)30-7-2)26-16-15-19-9-8-10-21(17-19)23(29)27(3)4;/h8-14,17H,6-7,15-16,18H2,1-5H3,(H,25,26);1H. The molecule has 0 saturated heterocycles. The number of carbonyl (C=O) groups is 1. The van der Waals surface area contributed by atoms with Crippen LogP contribution < -0.4 is 10.1 Å². The zero-order valence-corrected chi connectivity index (χ0v) is 21.6. The molecule has 1 amide bonds. The molecule has 2 aromatic rings. The van der Waals surface area contributed by atoms with Crippen LogP contribution >= 0.6 is 24.0 Å². The fourth-order valence-electron chi connectivity index (χ4n) is 3.09. The minimum absolute atomic E-state index is 0. The van der Waals surface area contributed by atoms with E-state index in [2.05, 4.69) is 29.3 Å². The van der Waals surface area contributed by atoms with Crippen molar-refractivity contribution in [2.45, 2.75) is 26.8 Å². The van der Waals surface area contributed by atoms with Gasteiger partial charge < -0.3 is 19.9 Å². The fourth-order valence-corrected chi connectivity index (χ4v) is 3.09. The summed E-state index contributed by atoms with van der Waals surface area (Å²) in [6, 6.07) is 15.9. The Balaban J connectivity index is 0.00000480. The highest BCUT2D eigenvalue weighted by atomic mass is 127. The Bertz CT molecular complexity index is 838. The maximum Gasteiger partial charge on any atom is 0.253 e. The molecule has 0 aliphatic carbocycles. The van der Waals surface area contributed by atoms with Crippen LogP contribution in [-0.2, 0) is 13.0 Å². The molecule has 31 heavy (non-hydrogen) atoms. The van der Waals surface area contributed by atoms with Gasteiger partial charge in [-0.05, 0) is 55.7 Å². The normalized spacial score (nSPS) is 10.8. The summed E-state index contributed by atoms with van der Waals surface area (Å²) in [6.45, 7) is 6.93. The van der Waals surface area contributed by atoms with Gasteiger partial charge in [0.2, 0.25) is 0 Å². The first-order valence-electron chi connectivity index (χ1n) is 10.5. The van der Waals surface area contributed by atoms with Gasteiger partial charge in [-0.25, -0.2) is 0 Å². The lowest BCUT2D eigenvalue weighted by atomic mass is 10.1. The van der Waals surface area contributed by atoms with Crippen molar-refractivity contribution in [3.05, 3.63) is 65.2 Å². The average Bonchev–Trinajstić information content (AvgIpc) is 2.74.